The van der Waals surface area contributed by atoms with Crippen LogP contribution in [0.3, 0.4) is 0 Å². The van der Waals surface area contributed by atoms with E-state index in [2.05, 4.69) is 0 Å². The van der Waals surface area contributed by atoms with Crippen molar-refractivity contribution in [2.45, 2.75) is 6.54 Å². The van der Waals surface area contributed by atoms with E-state index in [1.54, 1.807) is 22.9 Å². The molecule has 3 aromatic rings. The van der Waals surface area contributed by atoms with Crippen LogP contribution in [0.2, 0.25) is 0 Å². The smallest absolute Gasteiger partial charge is 0.376 e. The SMILES string of the molecule is O=C(O)C(=O)C=C(O)c1cccn1Cc1ccc(-c2ccccc2)cc1. The molecule has 0 amide bonds. The largest absolute Gasteiger partial charge is 0.506 e. The Morgan fingerprint density at radius 3 is 2.15 bits per heavy atom. The van der Waals surface area contributed by atoms with Gasteiger partial charge in [-0.1, -0.05) is 54.6 Å². The Morgan fingerprint density at radius 2 is 1.50 bits per heavy atom. The Balaban J connectivity index is 1.79. The third-order valence-corrected chi connectivity index (χ3v) is 3.98. The third-order valence-electron chi connectivity index (χ3n) is 3.98. The quantitative estimate of drug-likeness (QED) is 0.404. The van der Waals surface area contributed by atoms with Crippen molar-refractivity contribution in [3.8, 4) is 11.1 Å². The maximum Gasteiger partial charge on any atom is 0.376 e. The summed E-state index contributed by atoms with van der Waals surface area (Å²) in [5.41, 5.74) is 3.64. The molecule has 0 fully saturated rings. The highest BCUT2D eigenvalue weighted by Crippen LogP contribution is 2.20. The fourth-order valence-electron chi connectivity index (χ4n) is 2.67. The van der Waals surface area contributed by atoms with Crippen LogP contribution in [0.1, 0.15) is 11.3 Å². The molecule has 0 saturated heterocycles. The molecule has 0 spiro atoms. The number of ketones is 1. The summed E-state index contributed by atoms with van der Waals surface area (Å²) in [5.74, 6) is -3.14. The average Bonchev–Trinajstić information content (AvgIpc) is 3.11. The van der Waals surface area contributed by atoms with Crippen LogP contribution < -0.4 is 0 Å². The number of carbonyl (C=O) groups excluding carboxylic acids is 1. The molecule has 1 heterocycles. The summed E-state index contributed by atoms with van der Waals surface area (Å²) >= 11 is 0. The number of carbonyl (C=O) groups is 2. The van der Waals surface area contributed by atoms with Gasteiger partial charge in [0, 0.05) is 18.8 Å². The number of hydrogen-bond acceptors (Lipinski definition) is 3. The lowest BCUT2D eigenvalue weighted by Crippen LogP contribution is -2.10. The molecule has 2 aromatic carbocycles. The average molecular weight is 347 g/mol. The highest BCUT2D eigenvalue weighted by atomic mass is 16.4. The van der Waals surface area contributed by atoms with Gasteiger partial charge >= 0.3 is 5.97 Å². The van der Waals surface area contributed by atoms with E-state index in [1.807, 2.05) is 54.6 Å². The van der Waals surface area contributed by atoms with Gasteiger partial charge in [0.2, 0.25) is 0 Å². The Hall–Kier alpha value is -3.60. The van der Waals surface area contributed by atoms with E-state index in [0.717, 1.165) is 16.7 Å². The van der Waals surface area contributed by atoms with Crippen LogP contribution in [-0.2, 0) is 16.1 Å². The molecule has 0 aliphatic carbocycles. The number of aliphatic hydroxyl groups is 1. The monoisotopic (exact) mass is 347 g/mol. The first-order valence-corrected chi connectivity index (χ1v) is 8.02. The van der Waals surface area contributed by atoms with E-state index in [4.69, 9.17) is 5.11 Å². The van der Waals surface area contributed by atoms with Gasteiger partial charge in [-0.15, -0.1) is 0 Å². The molecular weight excluding hydrogens is 330 g/mol. The van der Waals surface area contributed by atoms with Gasteiger partial charge in [0.25, 0.3) is 5.78 Å². The normalized spacial score (nSPS) is 11.3. The van der Waals surface area contributed by atoms with Crippen LogP contribution in [0.15, 0.2) is 79.0 Å². The van der Waals surface area contributed by atoms with Crippen molar-refractivity contribution in [1.82, 2.24) is 4.57 Å². The molecule has 3 rings (SSSR count). The molecule has 0 atom stereocenters. The van der Waals surface area contributed by atoms with E-state index in [1.165, 1.54) is 0 Å². The van der Waals surface area contributed by atoms with Gasteiger partial charge in [0.15, 0.2) is 0 Å². The van der Waals surface area contributed by atoms with Crippen molar-refractivity contribution in [3.05, 3.63) is 90.3 Å². The molecule has 0 unspecified atom stereocenters. The first-order valence-electron chi connectivity index (χ1n) is 8.02. The first kappa shape index (κ1) is 17.2. The lowest BCUT2D eigenvalue weighted by molar-refractivity contribution is -0.146. The fraction of sp³-hybridized carbons (Fsp3) is 0.0476. The molecule has 1 aromatic heterocycles. The number of hydrogen-bond donors (Lipinski definition) is 2. The lowest BCUT2D eigenvalue weighted by Gasteiger charge is -2.10. The zero-order chi connectivity index (χ0) is 18.5. The molecule has 5 heteroatoms. The van der Waals surface area contributed by atoms with Crippen molar-refractivity contribution in [1.29, 1.82) is 0 Å². The van der Waals surface area contributed by atoms with E-state index in [0.29, 0.717) is 18.3 Å². The van der Waals surface area contributed by atoms with E-state index in [-0.39, 0.29) is 5.76 Å². The molecule has 5 nitrogen and oxygen atoms in total. The standard InChI is InChI=1S/C21H17NO4/c23-19(13-20(24)21(25)26)18-7-4-12-22(18)14-15-8-10-17(11-9-15)16-5-2-1-3-6-16/h1-13,23H,14H2,(H,25,26). The van der Waals surface area contributed by atoms with Crippen molar-refractivity contribution >= 4 is 17.5 Å². The molecule has 130 valence electrons. The van der Waals surface area contributed by atoms with E-state index >= 15 is 0 Å². The zero-order valence-corrected chi connectivity index (χ0v) is 13.9. The number of benzene rings is 2. The summed E-state index contributed by atoms with van der Waals surface area (Å²) in [6.45, 7) is 0.483. The number of carboxylic acids is 1. The van der Waals surface area contributed by atoms with Gasteiger partial charge in [0.1, 0.15) is 5.76 Å². The number of aliphatic carboxylic acids is 1. The number of aliphatic hydroxyl groups excluding tert-OH is 1. The van der Waals surface area contributed by atoms with Crippen LogP contribution in [0, 0.1) is 0 Å². The summed E-state index contributed by atoms with van der Waals surface area (Å²) in [6, 6.07) is 21.4. The second-order valence-electron chi connectivity index (χ2n) is 5.78. The molecule has 0 bridgehead atoms. The van der Waals surface area contributed by atoms with Crippen LogP contribution >= 0.6 is 0 Å². The van der Waals surface area contributed by atoms with Gasteiger partial charge in [-0.2, -0.15) is 0 Å². The minimum Gasteiger partial charge on any atom is -0.506 e. The summed E-state index contributed by atoms with van der Waals surface area (Å²) in [5, 5.41) is 18.7. The molecule has 0 radical (unpaired) electrons. The van der Waals surface area contributed by atoms with Crippen LogP contribution in [0.5, 0.6) is 0 Å². The van der Waals surface area contributed by atoms with Crippen molar-refractivity contribution in [2.24, 2.45) is 0 Å². The maximum absolute atomic E-state index is 11.2. The molecule has 0 aliphatic heterocycles. The predicted octanol–water partition coefficient (Wildman–Crippen LogP) is 3.76. The number of nitrogens with zero attached hydrogens (tertiary/aromatic N) is 1. The summed E-state index contributed by atoms with van der Waals surface area (Å²) in [7, 11) is 0. The third kappa shape index (κ3) is 3.89. The molecule has 0 saturated carbocycles. The molecular formula is C21H17NO4. The predicted molar refractivity (Wildman–Crippen MR) is 98.7 cm³/mol. The maximum atomic E-state index is 11.2. The highest BCUT2D eigenvalue weighted by molar-refractivity contribution is 6.38. The fourth-order valence-corrected chi connectivity index (χ4v) is 2.67. The van der Waals surface area contributed by atoms with Gasteiger partial charge in [0.05, 0.1) is 5.69 Å². The van der Waals surface area contributed by atoms with Crippen molar-refractivity contribution in [3.63, 3.8) is 0 Å². The number of rotatable bonds is 6. The minimum absolute atomic E-state index is 0.372. The highest BCUT2D eigenvalue weighted by Gasteiger charge is 2.13. The summed E-state index contributed by atoms with van der Waals surface area (Å²) in [4.78, 5) is 21.9. The number of aromatic nitrogens is 1. The van der Waals surface area contributed by atoms with Crippen LogP contribution in [0.25, 0.3) is 16.9 Å². The molecule has 2 N–H and O–H groups in total. The minimum atomic E-state index is -1.61. The topological polar surface area (TPSA) is 79.5 Å². The summed E-state index contributed by atoms with van der Waals surface area (Å²) in [6.07, 6.45) is 2.47. The zero-order valence-electron chi connectivity index (χ0n) is 13.9. The Morgan fingerprint density at radius 1 is 0.846 bits per heavy atom. The van der Waals surface area contributed by atoms with Crippen LogP contribution in [0.4, 0.5) is 0 Å². The Labute approximate surface area is 150 Å². The first-order chi connectivity index (χ1) is 12.5. The number of carboxylic acid groups (broad SMARTS) is 1. The van der Waals surface area contributed by atoms with Crippen molar-refractivity contribution in [2.75, 3.05) is 0 Å². The van der Waals surface area contributed by atoms with Gasteiger partial charge < -0.3 is 14.8 Å². The van der Waals surface area contributed by atoms with Crippen LogP contribution in [-0.4, -0.2) is 26.5 Å². The second kappa shape index (κ2) is 7.53. The Kier molecular flexibility index (Phi) is 4.99. The van der Waals surface area contributed by atoms with Gasteiger partial charge in [-0.3, -0.25) is 4.79 Å². The van der Waals surface area contributed by atoms with Gasteiger partial charge in [-0.05, 0) is 28.8 Å². The summed E-state index contributed by atoms with van der Waals surface area (Å²) < 4.78 is 1.75. The lowest BCUT2D eigenvalue weighted by atomic mass is 10.0. The Bertz CT molecular complexity index is 953. The second-order valence-corrected chi connectivity index (χ2v) is 5.78. The van der Waals surface area contributed by atoms with E-state index in [9.17, 15) is 14.7 Å². The van der Waals surface area contributed by atoms with E-state index < -0.39 is 11.8 Å². The van der Waals surface area contributed by atoms with Crippen molar-refractivity contribution < 1.29 is 19.8 Å². The van der Waals surface area contributed by atoms with Gasteiger partial charge in [-0.25, -0.2) is 4.79 Å². The molecule has 26 heavy (non-hydrogen) atoms. The molecule has 0 aliphatic rings.